The van der Waals surface area contributed by atoms with Crippen molar-refractivity contribution in [2.45, 2.75) is 6.92 Å². The summed E-state index contributed by atoms with van der Waals surface area (Å²) in [7, 11) is 0. The maximum absolute atomic E-state index is 12.8. The first-order chi connectivity index (χ1) is 6.66. The SMILES string of the molecule is Cc1cc(F)ccc1-n1ccc(N)n1.Cl. The van der Waals surface area contributed by atoms with Crippen LogP contribution < -0.4 is 5.73 Å². The zero-order valence-corrected chi connectivity index (χ0v) is 8.96. The summed E-state index contributed by atoms with van der Waals surface area (Å²) >= 11 is 0. The van der Waals surface area contributed by atoms with Gasteiger partial charge in [-0.3, -0.25) is 0 Å². The monoisotopic (exact) mass is 227 g/mol. The summed E-state index contributed by atoms with van der Waals surface area (Å²) < 4.78 is 14.4. The highest BCUT2D eigenvalue weighted by Crippen LogP contribution is 2.15. The molecule has 15 heavy (non-hydrogen) atoms. The van der Waals surface area contributed by atoms with Crippen LogP contribution in [0.2, 0.25) is 0 Å². The Bertz CT molecular complexity index is 467. The van der Waals surface area contributed by atoms with E-state index in [9.17, 15) is 4.39 Å². The van der Waals surface area contributed by atoms with Crippen LogP contribution in [0.5, 0.6) is 0 Å². The molecule has 0 atom stereocenters. The Kier molecular flexibility index (Phi) is 3.31. The van der Waals surface area contributed by atoms with Gasteiger partial charge in [0.15, 0.2) is 0 Å². The first-order valence-corrected chi connectivity index (χ1v) is 4.24. The van der Waals surface area contributed by atoms with Crippen molar-refractivity contribution in [1.29, 1.82) is 0 Å². The minimum absolute atomic E-state index is 0. The van der Waals surface area contributed by atoms with Crippen molar-refractivity contribution in [2.24, 2.45) is 0 Å². The number of anilines is 1. The highest BCUT2D eigenvalue weighted by atomic mass is 35.5. The molecule has 5 heteroatoms. The molecule has 2 aromatic rings. The number of nitrogen functional groups attached to an aromatic ring is 1. The van der Waals surface area contributed by atoms with Gasteiger partial charge in [0.2, 0.25) is 0 Å². The Balaban J connectivity index is 0.00000112. The number of benzene rings is 1. The molecule has 2 N–H and O–H groups in total. The van der Waals surface area contributed by atoms with E-state index in [0.29, 0.717) is 5.82 Å². The molecule has 1 aromatic carbocycles. The van der Waals surface area contributed by atoms with Crippen molar-refractivity contribution in [2.75, 3.05) is 5.73 Å². The van der Waals surface area contributed by atoms with E-state index < -0.39 is 0 Å². The average molecular weight is 228 g/mol. The van der Waals surface area contributed by atoms with E-state index in [1.807, 2.05) is 6.92 Å². The van der Waals surface area contributed by atoms with Crippen LogP contribution >= 0.6 is 12.4 Å². The minimum Gasteiger partial charge on any atom is -0.382 e. The van der Waals surface area contributed by atoms with E-state index >= 15 is 0 Å². The number of nitrogens with two attached hydrogens (primary N) is 1. The fraction of sp³-hybridized carbons (Fsp3) is 0.100. The van der Waals surface area contributed by atoms with Gasteiger partial charge in [-0.2, -0.15) is 5.10 Å². The number of aromatic nitrogens is 2. The normalized spacial score (nSPS) is 9.73. The van der Waals surface area contributed by atoms with E-state index in [2.05, 4.69) is 5.10 Å². The molecular weight excluding hydrogens is 217 g/mol. The van der Waals surface area contributed by atoms with E-state index in [1.54, 1.807) is 23.0 Å². The lowest BCUT2D eigenvalue weighted by molar-refractivity contribution is 0.625. The number of hydrogen-bond donors (Lipinski definition) is 1. The van der Waals surface area contributed by atoms with Gasteiger partial charge in [-0.25, -0.2) is 9.07 Å². The van der Waals surface area contributed by atoms with E-state index in [1.165, 1.54) is 12.1 Å². The van der Waals surface area contributed by atoms with Crippen molar-refractivity contribution in [3.8, 4) is 5.69 Å². The quantitative estimate of drug-likeness (QED) is 0.813. The number of halogens is 2. The third-order valence-electron chi connectivity index (χ3n) is 2.02. The van der Waals surface area contributed by atoms with Gasteiger partial charge < -0.3 is 5.73 Å². The summed E-state index contributed by atoms with van der Waals surface area (Å²) in [4.78, 5) is 0. The second-order valence-corrected chi connectivity index (χ2v) is 3.12. The van der Waals surface area contributed by atoms with Crippen LogP contribution in [-0.2, 0) is 0 Å². The van der Waals surface area contributed by atoms with Gasteiger partial charge in [0.1, 0.15) is 11.6 Å². The van der Waals surface area contributed by atoms with Crippen LogP contribution in [-0.4, -0.2) is 9.78 Å². The van der Waals surface area contributed by atoms with Crippen LogP contribution in [0.4, 0.5) is 10.2 Å². The highest BCUT2D eigenvalue weighted by molar-refractivity contribution is 5.85. The van der Waals surface area contributed by atoms with E-state index in [-0.39, 0.29) is 18.2 Å². The summed E-state index contributed by atoms with van der Waals surface area (Å²) in [6.07, 6.45) is 1.75. The summed E-state index contributed by atoms with van der Waals surface area (Å²) in [5, 5.41) is 4.04. The van der Waals surface area contributed by atoms with Crippen molar-refractivity contribution in [1.82, 2.24) is 9.78 Å². The predicted molar refractivity (Wildman–Crippen MR) is 59.9 cm³/mol. The summed E-state index contributed by atoms with van der Waals surface area (Å²) in [6.45, 7) is 1.83. The van der Waals surface area contributed by atoms with Crippen LogP contribution in [0.3, 0.4) is 0 Å². The molecule has 0 amide bonds. The first kappa shape index (κ1) is 11.5. The van der Waals surface area contributed by atoms with E-state index in [4.69, 9.17) is 5.73 Å². The topological polar surface area (TPSA) is 43.8 Å². The zero-order valence-electron chi connectivity index (χ0n) is 8.14. The molecule has 0 radical (unpaired) electrons. The van der Waals surface area contributed by atoms with Crippen LogP contribution in [0.25, 0.3) is 5.69 Å². The van der Waals surface area contributed by atoms with E-state index in [0.717, 1.165) is 11.3 Å². The van der Waals surface area contributed by atoms with Crippen LogP contribution in [0.1, 0.15) is 5.56 Å². The van der Waals surface area contributed by atoms with Gasteiger partial charge in [-0.1, -0.05) is 0 Å². The maximum atomic E-state index is 12.8. The number of nitrogens with zero attached hydrogens (tertiary/aromatic N) is 2. The molecule has 0 saturated carbocycles. The van der Waals surface area contributed by atoms with Crippen molar-refractivity contribution in [3.05, 3.63) is 41.8 Å². The molecule has 0 aliphatic heterocycles. The fourth-order valence-corrected chi connectivity index (χ4v) is 1.35. The van der Waals surface area contributed by atoms with Crippen molar-refractivity contribution < 1.29 is 4.39 Å². The first-order valence-electron chi connectivity index (χ1n) is 4.24. The maximum Gasteiger partial charge on any atom is 0.145 e. The third-order valence-corrected chi connectivity index (χ3v) is 2.02. The smallest absolute Gasteiger partial charge is 0.145 e. The Morgan fingerprint density at radius 1 is 1.33 bits per heavy atom. The van der Waals surface area contributed by atoms with Gasteiger partial charge in [-0.05, 0) is 30.7 Å². The lowest BCUT2D eigenvalue weighted by atomic mass is 10.2. The number of aryl methyl sites for hydroxylation is 1. The molecule has 0 unspecified atom stereocenters. The third kappa shape index (κ3) is 2.27. The second-order valence-electron chi connectivity index (χ2n) is 3.12. The molecule has 0 spiro atoms. The molecule has 0 aliphatic carbocycles. The molecule has 3 nitrogen and oxygen atoms in total. The molecule has 0 aliphatic rings. The predicted octanol–water partition coefficient (Wildman–Crippen LogP) is 2.32. The Morgan fingerprint density at radius 3 is 2.60 bits per heavy atom. The van der Waals surface area contributed by atoms with Gasteiger partial charge in [0, 0.05) is 12.3 Å². The summed E-state index contributed by atoms with van der Waals surface area (Å²) in [6, 6.07) is 6.24. The Morgan fingerprint density at radius 2 is 2.07 bits per heavy atom. The lowest BCUT2D eigenvalue weighted by Crippen LogP contribution is -1.99. The van der Waals surface area contributed by atoms with Crippen LogP contribution in [0.15, 0.2) is 30.5 Å². The Hall–Kier alpha value is -1.55. The number of hydrogen-bond acceptors (Lipinski definition) is 2. The lowest BCUT2D eigenvalue weighted by Gasteiger charge is -2.04. The molecule has 0 bridgehead atoms. The van der Waals surface area contributed by atoms with Gasteiger partial charge in [-0.15, -0.1) is 12.4 Å². The highest BCUT2D eigenvalue weighted by Gasteiger charge is 2.03. The minimum atomic E-state index is -0.244. The van der Waals surface area contributed by atoms with Gasteiger partial charge in [0.05, 0.1) is 5.69 Å². The van der Waals surface area contributed by atoms with Crippen LogP contribution in [0, 0.1) is 12.7 Å². The van der Waals surface area contributed by atoms with Gasteiger partial charge in [0.25, 0.3) is 0 Å². The van der Waals surface area contributed by atoms with Gasteiger partial charge >= 0.3 is 0 Å². The molecule has 1 aromatic heterocycles. The molecule has 2 rings (SSSR count). The Labute approximate surface area is 93.1 Å². The summed E-state index contributed by atoms with van der Waals surface area (Å²) in [5.41, 5.74) is 7.15. The van der Waals surface area contributed by atoms with Crippen molar-refractivity contribution >= 4 is 18.2 Å². The molecular formula is C10H11ClFN3. The average Bonchev–Trinajstić information content (AvgIpc) is 2.51. The molecule has 0 saturated heterocycles. The summed E-state index contributed by atoms with van der Waals surface area (Å²) in [5.74, 6) is 0.208. The fourth-order valence-electron chi connectivity index (χ4n) is 1.35. The van der Waals surface area contributed by atoms with Crippen molar-refractivity contribution in [3.63, 3.8) is 0 Å². The standard InChI is InChI=1S/C10H10FN3.ClH/c1-7-6-8(11)2-3-9(7)14-5-4-10(12)13-14;/h2-6H,1H3,(H2,12,13);1H. The zero-order chi connectivity index (χ0) is 10.1. The number of rotatable bonds is 1. The second kappa shape index (κ2) is 4.31. The molecule has 0 fully saturated rings. The molecule has 1 heterocycles. The molecule has 80 valence electrons. The largest absolute Gasteiger partial charge is 0.382 e.